The van der Waals surface area contributed by atoms with E-state index in [1.54, 1.807) is 13.1 Å². The predicted octanol–water partition coefficient (Wildman–Crippen LogP) is 0.421. The number of carbonyl (C=O) groups excluding carboxylic acids is 1. The Morgan fingerprint density at radius 2 is 2.26 bits per heavy atom. The fourth-order valence-electron chi connectivity index (χ4n) is 2.35. The molecule has 0 saturated carbocycles. The Morgan fingerprint density at radius 3 is 3.00 bits per heavy atom. The van der Waals surface area contributed by atoms with E-state index in [4.69, 9.17) is 5.84 Å². The molecule has 1 aliphatic heterocycles. The second kappa shape index (κ2) is 6.49. The van der Waals surface area contributed by atoms with Crippen molar-refractivity contribution in [3.63, 3.8) is 0 Å². The number of nitrogens with zero attached hydrogens (tertiary/aromatic N) is 3. The molecule has 2 heterocycles. The van der Waals surface area contributed by atoms with Crippen LogP contribution in [0.25, 0.3) is 0 Å². The SMILES string of the molecule is CC(=O)N1CCCN(Cc2ccnc(NN)c2)CC1. The normalized spacial score (nSPS) is 17.1. The van der Waals surface area contributed by atoms with Gasteiger partial charge in [-0.1, -0.05) is 0 Å². The summed E-state index contributed by atoms with van der Waals surface area (Å²) in [6, 6.07) is 3.95. The lowest BCUT2D eigenvalue weighted by molar-refractivity contribution is -0.128. The molecule has 1 aromatic heterocycles. The molecule has 0 spiro atoms. The summed E-state index contributed by atoms with van der Waals surface area (Å²) in [6.45, 7) is 6.09. The first-order valence-corrected chi connectivity index (χ1v) is 6.58. The van der Waals surface area contributed by atoms with Gasteiger partial charge in [0, 0.05) is 45.8 Å². The van der Waals surface area contributed by atoms with E-state index in [-0.39, 0.29) is 5.91 Å². The molecule has 2 rings (SSSR count). The highest BCUT2D eigenvalue weighted by Gasteiger charge is 2.16. The number of nitrogens with one attached hydrogen (secondary N) is 1. The van der Waals surface area contributed by atoms with Gasteiger partial charge in [0.25, 0.3) is 0 Å². The standard InChI is InChI=1S/C13H21N5O/c1-11(19)18-6-2-5-17(7-8-18)10-12-3-4-15-13(9-12)16-14/h3-4,9H,2,5-8,10,14H2,1H3,(H,15,16). The minimum atomic E-state index is 0.167. The second-order valence-electron chi connectivity index (χ2n) is 4.83. The van der Waals surface area contributed by atoms with Gasteiger partial charge in [-0.05, 0) is 24.1 Å². The predicted molar refractivity (Wildman–Crippen MR) is 74.2 cm³/mol. The molecule has 0 radical (unpaired) electrons. The molecule has 1 fully saturated rings. The van der Waals surface area contributed by atoms with Gasteiger partial charge < -0.3 is 10.3 Å². The van der Waals surface area contributed by atoms with E-state index in [1.165, 1.54) is 5.56 Å². The molecule has 104 valence electrons. The number of nitrogens with two attached hydrogens (primary N) is 1. The number of nitrogen functional groups attached to an aromatic ring is 1. The number of carbonyl (C=O) groups is 1. The zero-order chi connectivity index (χ0) is 13.7. The highest BCUT2D eigenvalue weighted by Crippen LogP contribution is 2.11. The molecule has 0 atom stereocenters. The van der Waals surface area contributed by atoms with Gasteiger partial charge >= 0.3 is 0 Å². The molecule has 6 nitrogen and oxygen atoms in total. The van der Waals surface area contributed by atoms with Crippen LogP contribution in [0.15, 0.2) is 18.3 Å². The molecular formula is C13H21N5O. The van der Waals surface area contributed by atoms with E-state index in [0.717, 1.165) is 39.1 Å². The summed E-state index contributed by atoms with van der Waals surface area (Å²) >= 11 is 0. The van der Waals surface area contributed by atoms with E-state index in [9.17, 15) is 4.79 Å². The maximum Gasteiger partial charge on any atom is 0.219 e. The summed E-state index contributed by atoms with van der Waals surface area (Å²) in [5, 5.41) is 0. The lowest BCUT2D eigenvalue weighted by atomic mass is 10.2. The highest BCUT2D eigenvalue weighted by molar-refractivity contribution is 5.73. The van der Waals surface area contributed by atoms with E-state index in [2.05, 4.69) is 15.3 Å². The van der Waals surface area contributed by atoms with E-state index in [0.29, 0.717) is 5.82 Å². The van der Waals surface area contributed by atoms with Crippen LogP contribution < -0.4 is 11.3 Å². The second-order valence-corrected chi connectivity index (χ2v) is 4.83. The van der Waals surface area contributed by atoms with E-state index in [1.807, 2.05) is 17.0 Å². The van der Waals surface area contributed by atoms with Gasteiger partial charge in [0.15, 0.2) is 0 Å². The minimum absolute atomic E-state index is 0.167. The average Bonchev–Trinajstić information content (AvgIpc) is 2.65. The molecule has 1 aromatic rings. The Kier molecular flexibility index (Phi) is 4.70. The van der Waals surface area contributed by atoms with Gasteiger partial charge in [0.1, 0.15) is 5.82 Å². The summed E-state index contributed by atoms with van der Waals surface area (Å²) in [6.07, 6.45) is 2.77. The van der Waals surface area contributed by atoms with Crippen molar-refractivity contribution < 1.29 is 4.79 Å². The monoisotopic (exact) mass is 263 g/mol. The van der Waals surface area contributed by atoms with Crippen LogP contribution in [0.2, 0.25) is 0 Å². The molecule has 0 unspecified atom stereocenters. The summed E-state index contributed by atoms with van der Waals surface area (Å²) in [5.74, 6) is 6.20. The Labute approximate surface area is 113 Å². The first-order valence-electron chi connectivity index (χ1n) is 6.58. The Morgan fingerprint density at radius 1 is 1.42 bits per heavy atom. The number of hydrogen-bond donors (Lipinski definition) is 2. The van der Waals surface area contributed by atoms with Crippen LogP contribution in [0.1, 0.15) is 18.9 Å². The van der Waals surface area contributed by atoms with Gasteiger partial charge in [-0.15, -0.1) is 0 Å². The Balaban J connectivity index is 1.93. The fourth-order valence-corrected chi connectivity index (χ4v) is 2.35. The van der Waals surface area contributed by atoms with Gasteiger partial charge in [0.05, 0.1) is 0 Å². The van der Waals surface area contributed by atoms with Gasteiger partial charge in [-0.2, -0.15) is 0 Å². The van der Waals surface area contributed by atoms with Crippen molar-refractivity contribution >= 4 is 11.7 Å². The molecule has 1 saturated heterocycles. The number of aromatic nitrogens is 1. The number of hydrogen-bond acceptors (Lipinski definition) is 5. The number of pyridine rings is 1. The van der Waals surface area contributed by atoms with Crippen molar-refractivity contribution in [3.8, 4) is 0 Å². The van der Waals surface area contributed by atoms with Crippen LogP contribution in [-0.4, -0.2) is 46.9 Å². The minimum Gasteiger partial charge on any atom is -0.342 e. The van der Waals surface area contributed by atoms with Gasteiger partial charge in [-0.25, -0.2) is 10.8 Å². The largest absolute Gasteiger partial charge is 0.342 e. The highest BCUT2D eigenvalue weighted by atomic mass is 16.2. The van der Waals surface area contributed by atoms with Crippen LogP contribution >= 0.6 is 0 Å². The molecule has 0 aromatic carbocycles. The lowest BCUT2D eigenvalue weighted by Gasteiger charge is -2.21. The number of hydrazine groups is 1. The zero-order valence-electron chi connectivity index (χ0n) is 11.3. The Bertz CT molecular complexity index is 437. The van der Waals surface area contributed by atoms with Crippen molar-refractivity contribution in [1.82, 2.24) is 14.8 Å². The summed E-state index contributed by atoms with van der Waals surface area (Å²) in [4.78, 5) is 19.8. The van der Waals surface area contributed by atoms with Gasteiger partial charge in [0.2, 0.25) is 5.91 Å². The maximum absolute atomic E-state index is 11.4. The summed E-state index contributed by atoms with van der Waals surface area (Å²) in [7, 11) is 0. The van der Waals surface area contributed by atoms with Crippen molar-refractivity contribution in [1.29, 1.82) is 0 Å². The van der Waals surface area contributed by atoms with Crippen molar-refractivity contribution in [2.75, 3.05) is 31.6 Å². The molecule has 0 aliphatic carbocycles. The lowest BCUT2D eigenvalue weighted by Crippen LogP contribution is -2.33. The third kappa shape index (κ3) is 3.90. The first kappa shape index (κ1) is 13.8. The summed E-state index contributed by atoms with van der Waals surface area (Å²) < 4.78 is 0. The maximum atomic E-state index is 11.4. The van der Waals surface area contributed by atoms with Gasteiger partial charge in [-0.3, -0.25) is 9.69 Å². The number of amides is 1. The van der Waals surface area contributed by atoms with Crippen LogP contribution in [0.3, 0.4) is 0 Å². The summed E-state index contributed by atoms with van der Waals surface area (Å²) in [5.41, 5.74) is 3.74. The van der Waals surface area contributed by atoms with Crippen LogP contribution in [-0.2, 0) is 11.3 Å². The molecule has 6 heteroatoms. The number of anilines is 1. The third-order valence-electron chi connectivity index (χ3n) is 3.41. The average molecular weight is 263 g/mol. The molecule has 1 aliphatic rings. The number of rotatable bonds is 3. The van der Waals surface area contributed by atoms with Crippen molar-refractivity contribution in [2.24, 2.45) is 5.84 Å². The van der Waals surface area contributed by atoms with Crippen LogP contribution in [0, 0.1) is 0 Å². The molecule has 0 bridgehead atoms. The quantitative estimate of drug-likeness (QED) is 0.611. The molecule has 3 N–H and O–H groups in total. The first-order chi connectivity index (χ1) is 9.19. The van der Waals surface area contributed by atoms with E-state index >= 15 is 0 Å². The molecular weight excluding hydrogens is 242 g/mol. The van der Waals surface area contributed by atoms with E-state index < -0.39 is 0 Å². The zero-order valence-corrected chi connectivity index (χ0v) is 11.3. The Hall–Kier alpha value is -1.66. The molecule has 19 heavy (non-hydrogen) atoms. The fraction of sp³-hybridized carbons (Fsp3) is 0.538. The smallest absolute Gasteiger partial charge is 0.219 e. The van der Waals surface area contributed by atoms with Crippen molar-refractivity contribution in [3.05, 3.63) is 23.9 Å². The third-order valence-corrected chi connectivity index (χ3v) is 3.41. The topological polar surface area (TPSA) is 74.5 Å². The van der Waals surface area contributed by atoms with Crippen molar-refractivity contribution in [2.45, 2.75) is 19.9 Å². The molecule has 1 amide bonds. The van der Waals surface area contributed by atoms with Crippen LogP contribution in [0.4, 0.5) is 5.82 Å². The van der Waals surface area contributed by atoms with Crippen LogP contribution in [0.5, 0.6) is 0 Å².